The largest absolute Gasteiger partial charge is 0.489 e. The van der Waals surface area contributed by atoms with E-state index >= 15 is 0 Å². The maximum atomic E-state index is 12.6. The van der Waals surface area contributed by atoms with Crippen LogP contribution in [-0.2, 0) is 19.5 Å². The Morgan fingerprint density at radius 3 is 2.31 bits per heavy atom. The SMILES string of the molecule is Cc1ccc(S(=O)(=O)Nc2ccccc2OCCOCCOCCN[NH+]=[N-])cc1. The number of hydrogen-bond donors (Lipinski definition) is 3. The molecule has 2 rings (SSSR count). The molecule has 0 aliphatic rings. The summed E-state index contributed by atoms with van der Waals surface area (Å²) in [7, 11) is -3.71. The zero-order valence-corrected chi connectivity index (χ0v) is 17.1. The third-order valence-electron chi connectivity index (χ3n) is 3.77. The second kappa shape index (κ2) is 12.0. The maximum absolute atomic E-state index is 12.6. The van der Waals surface area contributed by atoms with E-state index in [4.69, 9.17) is 19.7 Å². The van der Waals surface area contributed by atoms with Crippen molar-refractivity contribution in [2.24, 2.45) is 0 Å². The molecule has 10 heteroatoms. The van der Waals surface area contributed by atoms with Gasteiger partial charge in [0.15, 0.2) is 0 Å². The summed E-state index contributed by atoms with van der Waals surface area (Å²) < 4.78 is 44.1. The molecule has 0 atom stereocenters. The lowest BCUT2D eigenvalue weighted by Gasteiger charge is -2.14. The Labute approximate surface area is 170 Å². The van der Waals surface area contributed by atoms with E-state index in [9.17, 15) is 8.42 Å². The Kier molecular flexibility index (Phi) is 9.35. The number of sulfonamides is 1. The van der Waals surface area contributed by atoms with Gasteiger partial charge < -0.3 is 14.2 Å². The quantitative estimate of drug-likeness (QED) is 0.235. The number of ether oxygens (including phenoxy) is 3. The van der Waals surface area contributed by atoms with Gasteiger partial charge in [0.1, 0.15) is 12.4 Å². The lowest BCUT2D eigenvalue weighted by atomic mass is 10.2. The molecule has 0 saturated carbocycles. The second-order valence-electron chi connectivity index (χ2n) is 6.03. The lowest BCUT2D eigenvalue weighted by molar-refractivity contribution is -0.548. The summed E-state index contributed by atoms with van der Waals surface area (Å²) in [4.78, 5) is 0.186. The van der Waals surface area contributed by atoms with Crippen LogP contribution in [-0.4, -0.2) is 48.0 Å². The van der Waals surface area contributed by atoms with Gasteiger partial charge in [-0.25, -0.2) is 8.42 Å². The summed E-state index contributed by atoms with van der Waals surface area (Å²) in [5.41, 5.74) is 12.1. The van der Waals surface area contributed by atoms with Crippen LogP contribution in [0, 0.1) is 6.92 Å². The molecular formula is C19H26N4O5S. The van der Waals surface area contributed by atoms with Gasteiger partial charge in [0.2, 0.25) is 0 Å². The van der Waals surface area contributed by atoms with Crippen molar-refractivity contribution in [3.63, 3.8) is 0 Å². The first-order valence-electron chi connectivity index (χ1n) is 9.11. The number of rotatable bonds is 14. The summed E-state index contributed by atoms with van der Waals surface area (Å²) in [5, 5.41) is 1.81. The fraction of sp³-hybridized carbons (Fsp3) is 0.368. The van der Waals surface area contributed by atoms with E-state index in [1.165, 1.54) is 0 Å². The molecule has 2 aromatic carbocycles. The van der Waals surface area contributed by atoms with Gasteiger partial charge in [-0.3, -0.25) is 10.1 Å². The van der Waals surface area contributed by atoms with Crippen LogP contribution >= 0.6 is 0 Å². The van der Waals surface area contributed by atoms with Gasteiger partial charge in [-0.1, -0.05) is 29.8 Å². The normalized spacial score (nSPS) is 11.1. The van der Waals surface area contributed by atoms with Crippen LogP contribution in [0.2, 0.25) is 0 Å². The molecule has 29 heavy (non-hydrogen) atoms. The Morgan fingerprint density at radius 1 is 0.931 bits per heavy atom. The number of benzene rings is 2. The zero-order valence-electron chi connectivity index (χ0n) is 16.3. The van der Waals surface area contributed by atoms with E-state index in [0.29, 0.717) is 44.4 Å². The van der Waals surface area contributed by atoms with Gasteiger partial charge in [0.05, 0.1) is 37.0 Å². The highest BCUT2D eigenvalue weighted by molar-refractivity contribution is 7.92. The van der Waals surface area contributed by atoms with E-state index in [0.717, 1.165) is 5.56 Å². The predicted molar refractivity (Wildman–Crippen MR) is 108 cm³/mol. The molecule has 0 aliphatic heterocycles. The molecular weight excluding hydrogens is 396 g/mol. The van der Waals surface area contributed by atoms with Crippen molar-refractivity contribution < 1.29 is 27.9 Å². The molecule has 0 saturated heterocycles. The van der Waals surface area contributed by atoms with E-state index < -0.39 is 10.0 Å². The fourth-order valence-electron chi connectivity index (χ4n) is 2.31. The lowest BCUT2D eigenvalue weighted by Crippen LogP contribution is -2.75. The standard InChI is InChI=1S/C19H26N4O5S/c1-16-6-8-17(9-7-16)29(24,25)22-18-4-2-3-5-19(18)28-15-14-27-13-12-26-11-10-21-23-20/h2-9,22-23H,10-15H2,1H3,(H-,20,21). The summed E-state index contributed by atoms with van der Waals surface area (Å²) in [6.45, 7) is 4.21. The minimum absolute atomic E-state index is 0.186. The van der Waals surface area contributed by atoms with Crippen molar-refractivity contribution in [1.82, 2.24) is 5.43 Å². The third-order valence-corrected chi connectivity index (χ3v) is 5.15. The number of hydrazine groups is 1. The van der Waals surface area contributed by atoms with Crippen LogP contribution in [0.15, 0.2) is 53.4 Å². The number of para-hydroxylation sites is 2. The van der Waals surface area contributed by atoms with Crippen molar-refractivity contribution in [2.75, 3.05) is 44.3 Å². The first kappa shape index (κ1) is 22.6. The Balaban J connectivity index is 1.78. The fourth-order valence-corrected chi connectivity index (χ4v) is 3.38. The molecule has 0 bridgehead atoms. The van der Waals surface area contributed by atoms with Crippen molar-refractivity contribution >= 4 is 15.7 Å². The number of nitrogens with one attached hydrogen (secondary N) is 3. The first-order chi connectivity index (χ1) is 14.0. The number of aryl methyl sites for hydroxylation is 1. The molecule has 0 fully saturated rings. The van der Waals surface area contributed by atoms with E-state index in [1.54, 1.807) is 48.5 Å². The van der Waals surface area contributed by atoms with Crippen molar-refractivity contribution in [3.8, 4) is 5.75 Å². The molecule has 0 radical (unpaired) electrons. The van der Waals surface area contributed by atoms with Crippen LogP contribution < -0.4 is 20.1 Å². The molecule has 3 N–H and O–H groups in total. The van der Waals surface area contributed by atoms with Crippen molar-refractivity contribution in [2.45, 2.75) is 11.8 Å². The van der Waals surface area contributed by atoms with Crippen LogP contribution in [0.3, 0.4) is 0 Å². The summed E-state index contributed by atoms with van der Waals surface area (Å²) in [6.07, 6.45) is 0. The maximum Gasteiger partial charge on any atom is 0.262 e. The molecule has 0 spiro atoms. The van der Waals surface area contributed by atoms with Gasteiger partial charge >= 0.3 is 0 Å². The molecule has 9 nitrogen and oxygen atoms in total. The summed E-state index contributed by atoms with van der Waals surface area (Å²) in [6, 6.07) is 13.5. The zero-order chi connectivity index (χ0) is 21.0. The van der Waals surface area contributed by atoms with Gasteiger partial charge in [-0.2, -0.15) is 10.8 Å². The highest BCUT2D eigenvalue weighted by Crippen LogP contribution is 2.26. The topological polar surface area (TPSA) is 122 Å². The third kappa shape index (κ3) is 8.06. The Morgan fingerprint density at radius 2 is 1.59 bits per heavy atom. The van der Waals surface area contributed by atoms with E-state index in [2.05, 4.69) is 10.1 Å². The average Bonchev–Trinajstić information content (AvgIpc) is 2.70. The molecule has 0 aliphatic carbocycles. The van der Waals surface area contributed by atoms with Gasteiger partial charge in [-0.15, -0.1) is 0 Å². The predicted octanol–water partition coefficient (Wildman–Crippen LogP) is 0.815. The van der Waals surface area contributed by atoms with Crippen LogP contribution in [0.25, 0.3) is 5.53 Å². The minimum atomic E-state index is -3.71. The van der Waals surface area contributed by atoms with Gasteiger partial charge in [-0.05, 0) is 31.2 Å². The van der Waals surface area contributed by atoms with Crippen LogP contribution in [0.1, 0.15) is 5.56 Å². The molecule has 0 heterocycles. The number of anilines is 1. The second-order valence-corrected chi connectivity index (χ2v) is 7.71. The number of hydrogen-bond acceptors (Lipinski definition) is 5. The van der Waals surface area contributed by atoms with Crippen molar-refractivity contribution in [3.05, 3.63) is 59.6 Å². The van der Waals surface area contributed by atoms with Crippen molar-refractivity contribution in [1.29, 1.82) is 0 Å². The van der Waals surface area contributed by atoms with E-state index in [-0.39, 0.29) is 11.5 Å². The van der Waals surface area contributed by atoms with Gasteiger partial charge in [0, 0.05) is 6.54 Å². The molecule has 158 valence electrons. The van der Waals surface area contributed by atoms with Crippen LogP contribution in [0.5, 0.6) is 5.75 Å². The average molecular weight is 423 g/mol. The molecule has 0 amide bonds. The van der Waals surface area contributed by atoms with Crippen LogP contribution in [0.4, 0.5) is 5.69 Å². The first-order valence-corrected chi connectivity index (χ1v) is 10.6. The molecule has 2 aromatic rings. The van der Waals surface area contributed by atoms with Gasteiger partial charge in [0.25, 0.3) is 10.0 Å². The Bertz CT molecular complexity index is 859. The highest BCUT2D eigenvalue weighted by Gasteiger charge is 2.16. The molecule has 0 unspecified atom stereocenters. The Hall–Kier alpha value is -2.69. The molecule has 0 aromatic heterocycles. The van der Waals surface area contributed by atoms with E-state index in [1.807, 2.05) is 12.1 Å². The summed E-state index contributed by atoms with van der Waals surface area (Å²) in [5.74, 6) is 0.422. The minimum Gasteiger partial charge on any atom is -0.489 e. The monoisotopic (exact) mass is 422 g/mol. The highest BCUT2D eigenvalue weighted by atomic mass is 32.2. The smallest absolute Gasteiger partial charge is 0.262 e. The summed E-state index contributed by atoms with van der Waals surface area (Å²) >= 11 is 0. The number of nitrogens with zero attached hydrogens (tertiary/aromatic N) is 1.